The molecule has 1 unspecified atom stereocenters. The molecule has 2 aromatic rings. The van der Waals surface area contributed by atoms with Crippen LogP contribution in [-0.4, -0.2) is 0 Å². The number of rotatable bonds is 4. The molecule has 0 radical (unpaired) electrons. The fourth-order valence-electron chi connectivity index (χ4n) is 1.90. The molecule has 1 aromatic heterocycles. The maximum Gasteiger partial charge on any atom is 0.129 e. The van der Waals surface area contributed by atoms with Gasteiger partial charge in [-0.05, 0) is 30.7 Å². The van der Waals surface area contributed by atoms with Crippen LogP contribution in [0.3, 0.4) is 0 Å². The molecule has 1 aromatic carbocycles. The lowest BCUT2D eigenvalue weighted by Crippen LogP contribution is -2.30. The van der Waals surface area contributed by atoms with Crippen LogP contribution in [0.15, 0.2) is 34.9 Å². The van der Waals surface area contributed by atoms with Gasteiger partial charge in [0.15, 0.2) is 0 Å². The fraction of sp³-hybridized carbons (Fsp3) is 0.231. The first-order valence-corrected chi connectivity index (χ1v) is 5.56. The fourth-order valence-corrected chi connectivity index (χ4v) is 1.90. The molecular formula is C13H14F2N2O. The predicted molar refractivity (Wildman–Crippen MR) is 63.6 cm³/mol. The van der Waals surface area contributed by atoms with Crippen molar-refractivity contribution in [2.24, 2.45) is 5.84 Å². The lowest BCUT2D eigenvalue weighted by atomic mass is 10.0. The summed E-state index contributed by atoms with van der Waals surface area (Å²) in [6.07, 6.45) is 1.61. The van der Waals surface area contributed by atoms with Crippen LogP contribution in [0, 0.1) is 18.6 Å². The summed E-state index contributed by atoms with van der Waals surface area (Å²) in [5, 5.41) is 0. The van der Waals surface area contributed by atoms with Crippen LogP contribution in [0.5, 0.6) is 0 Å². The Morgan fingerprint density at radius 3 is 2.44 bits per heavy atom. The molecule has 0 saturated carbocycles. The number of benzene rings is 1. The molecule has 3 nitrogen and oxygen atoms in total. The molecule has 0 fully saturated rings. The van der Waals surface area contributed by atoms with Crippen molar-refractivity contribution in [1.29, 1.82) is 0 Å². The Kier molecular flexibility index (Phi) is 3.74. The third-order valence-electron chi connectivity index (χ3n) is 2.89. The lowest BCUT2D eigenvalue weighted by Gasteiger charge is -2.15. The third kappa shape index (κ3) is 2.42. The summed E-state index contributed by atoms with van der Waals surface area (Å²) in [6, 6.07) is 5.09. The van der Waals surface area contributed by atoms with Crippen molar-refractivity contribution < 1.29 is 13.2 Å². The standard InChI is InChI=1S/C13H14F2N2O/c1-8-5-6-18-13(8)12(17-16)7-9-10(14)3-2-4-11(9)15/h2-6,12,17H,7,16H2,1H3. The monoisotopic (exact) mass is 252 g/mol. The maximum absolute atomic E-state index is 13.6. The molecule has 1 atom stereocenters. The second kappa shape index (κ2) is 5.29. The van der Waals surface area contributed by atoms with E-state index in [9.17, 15) is 8.78 Å². The first kappa shape index (κ1) is 12.7. The van der Waals surface area contributed by atoms with E-state index in [1.807, 2.05) is 6.92 Å². The molecule has 0 spiro atoms. The smallest absolute Gasteiger partial charge is 0.129 e. The SMILES string of the molecule is Cc1ccoc1C(Cc1c(F)cccc1F)NN. The number of nitrogens with one attached hydrogen (secondary N) is 1. The largest absolute Gasteiger partial charge is 0.467 e. The highest BCUT2D eigenvalue weighted by Gasteiger charge is 2.20. The first-order valence-electron chi connectivity index (χ1n) is 5.56. The van der Waals surface area contributed by atoms with Gasteiger partial charge in [0.25, 0.3) is 0 Å². The van der Waals surface area contributed by atoms with Gasteiger partial charge in [0, 0.05) is 12.0 Å². The molecule has 18 heavy (non-hydrogen) atoms. The first-order chi connectivity index (χ1) is 8.63. The van der Waals surface area contributed by atoms with Crippen molar-refractivity contribution in [1.82, 2.24) is 5.43 Å². The Morgan fingerprint density at radius 1 is 1.28 bits per heavy atom. The minimum Gasteiger partial charge on any atom is -0.467 e. The van der Waals surface area contributed by atoms with Crippen molar-refractivity contribution in [3.05, 3.63) is 59.1 Å². The zero-order valence-corrected chi connectivity index (χ0v) is 9.91. The molecule has 0 aliphatic rings. The number of nitrogens with two attached hydrogens (primary N) is 1. The Morgan fingerprint density at radius 2 is 1.94 bits per heavy atom. The van der Waals surface area contributed by atoms with Crippen molar-refractivity contribution in [2.45, 2.75) is 19.4 Å². The Bertz CT molecular complexity index is 519. The summed E-state index contributed by atoms with van der Waals surface area (Å²) in [5.74, 6) is 4.84. The highest BCUT2D eigenvalue weighted by molar-refractivity contribution is 5.25. The van der Waals surface area contributed by atoms with E-state index in [1.54, 1.807) is 6.07 Å². The summed E-state index contributed by atoms with van der Waals surface area (Å²) in [6.45, 7) is 1.85. The molecule has 2 rings (SSSR count). The van der Waals surface area contributed by atoms with Gasteiger partial charge in [-0.2, -0.15) is 0 Å². The Balaban J connectivity index is 2.29. The topological polar surface area (TPSA) is 51.2 Å². The van der Waals surface area contributed by atoms with Crippen LogP contribution in [0.25, 0.3) is 0 Å². The second-order valence-corrected chi connectivity index (χ2v) is 4.09. The van der Waals surface area contributed by atoms with Gasteiger partial charge in [-0.25, -0.2) is 14.2 Å². The maximum atomic E-state index is 13.6. The third-order valence-corrected chi connectivity index (χ3v) is 2.89. The van der Waals surface area contributed by atoms with E-state index >= 15 is 0 Å². The molecule has 0 aliphatic carbocycles. The normalized spacial score (nSPS) is 12.7. The number of hydrazine groups is 1. The zero-order valence-electron chi connectivity index (χ0n) is 9.91. The van der Waals surface area contributed by atoms with E-state index in [0.29, 0.717) is 5.76 Å². The minimum absolute atomic E-state index is 0.00347. The van der Waals surface area contributed by atoms with Gasteiger partial charge in [0.2, 0.25) is 0 Å². The number of hydrogen-bond acceptors (Lipinski definition) is 3. The molecule has 1 heterocycles. The molecule has 5 heteroatoms. The van der Waals surface area contributed by atoms with Gasteiger partial charge >= 0.3 is 0 Å². The van der Waals surface area contributed by atoms with Gasteiger partial charge < -0.3 is 4.42 Å². The van der Waals surface area contributed by atoms with Gasteiger partial charge in [0.05, 0.1) is 12.3 Å². The van der Waals surface area contributed by atoms with E-state index in [-0.39, 0.29) is 12.0 Å². The van der Waals surface area contributed by atoms with Gasteiger partial charge in [-0.1, -0.05) is 6.07 Å². The summed E-state index contributed by atoms with van der Waals surface area (Å²) in [7, 11) is 0. The average molecular weight is 252 g/mol. The van der Waals surface area contributed by atoms with Crippen molar-refractivity contribution in [3.8, 4) is 0 Å². The molecule has 96 valence electrons. The van der Waals surface area contributed by atoms with Crippen molar-refractivity contribution >= 4 is 0 Å². The average Bonchev–Trinajstić information content (AvgIpc) is 2.76. The molecule has 0 amide bonds. The Hall–Kier alpha value is -1.72. The van der Waals surface area contributed by atoms with Crippen LogP contribution < -0.4 is 11.3 Å². The van der Waals surface area contributed by atoms with Crippen molar-refractivity contribution in [2.75, 3.05) is 0 Å². The number of hydrogen-bond donors (Lipinski definition) is 2. The Labute approximate surface area is 104 Å². The zero-order chi connectivity index (χ0) is 13.1. The lowest BCUT2D eigenvalue weighted by molar-refractivity contribution is 0.404. The van der Waals surface area contributed by atoms with E-state index in [4.69, 9.17) is 10.3 Å². The summed E-state index contributed by atoms with van der Waals surface area (Å²) < 4.78 is 32.4. The van der Waals surface area contributed by atoms with Crippen LogP contribution in [0.1, 0.15) is 22.9 Å². The van der Waals surface area contributed by atoms with Crippen LogP contribution in [-0.2, 0) is 6.42 Å². The van der Waals surface area contributed by atoms with Crippen LogP contribution in [0.4, 0.5) is 8.78 Å². The molecule has 0 bridgehead atoms. The molecule has 3 N–H and O–H groups in total. The van der Waals surface area contributed by atoms with Crippen molar-refractivity contribution in [3.63, 3.8) is 0 Å². The number of aryl methyl sites for hydroxylation is 1. The van der Waals surface area contributed by atoms with E-state index in [1.165, 1.54) is 24.5 Å². The second-order valence-electron chi connectivity index (χ2n) is 4.09. The van der Waals surface area contributed by atoms with Crippen LogP contribution in [0.2, 0.25) is 0 Å². The van der Waals surface area contributed by atoms with Gasteiger partial charge in [-0.3, -0.25) is 5.84 Å². The highest BCUT2D eigenvalue weighted by atomic mass is 19.1. The van der Waals surface area contributed by atoms with Gasteiger partial charge in [-0.15, -0.1) is 0 Å². The summed E-state index contributed by atoms with van der Waals surface area (Å²) in [4.78, 5) is 0. The number of furan rings is 1. The predicted octanol–water partition coefficient (Wildman–Crippen LogP) is 2.61. The highest BCUT2D eigenvalue weighted by Crippen LogP contribution is 2.24. The van der Waals surface area contributed by atoms with E-state index < -0.39 is 17.7 Å². The quantitative estimate of drug-likeness (QED) is 0.649. The number of halogens is 2. The molecule has 0 saturated heterocycles. The molecule has 0 aliphatic heterocycles. The van der Waals surface area contributed by atoms with Crippen LogP contribution >= 0.6 is 0 Å². The van der Waals surface area contributed by atoms with E-state index in [2.05, 4.69) is 5.43 Å². The van der Waals surface area contributed by atoms with Gasteiger partial charge in [0.1, 0.15) is 17.4 Å². The summed E-state index contributed by atoms with van der Waals surface area (Å²) in [5.41, 5.74) is 3.40. The summed E-state index contributed by atoms with van der Waals surface area (Å²) >= 11 is 0. The van der Waals surface area contributed by atoms with E-state index in [0.717, 1.165) is 5.56 Å². The molecular weight excluding hydrogens is 238 g/mol. The minimum atomic E-state index is -0.584.